The number of hydrogen-bond donors (Lipinski definition) is 3. The number of alkyl halides is 3. The number of carbonyl (C=O) groups is 2. The smallest absolute Gasteiger partial charge is 0.416 e. The molecule has 0 saturated carbocycles. The van der Waals surface area contributed by atoms with Crippen LogP contribution in [-0.2, 0) is 17.5 Å². The lowest BCUT2D eigenvalue weighted by Crippen LogP contribution is -2.23. The van der Waals surface area contributed by atoms with E-state index in [1.807, 2.05) is 0 Å². The number of amides is 2. The standard InChI is InChI=1S/C25H19ClF3N3O3/c26-18-5-7-19(8-6-18)31-23(33)14-35-20-9-1-15(2-10-20)13-30-24(34)22-11-16-3-4-17(25(27,28)29)12-21(16)32-22/h1-12,32H,13-14H2,(H,30,34)(H,31,33). The van der Waals surface area contributed by atoms with E-state index in [1.165, 1.54) is 12.1 Å². The molecule has 4 aromatic rings. The molecule has 4 rings (SSSR count). The molecule has 1 heterocycles. The van der Waals surface area contributed by atoms with E-state index in [1.54, 1.807) is 48.5 Å². The molecule has 3 N–H and O–H groups in total. The number of ether oxygens (including phenoxy) is 1. The first-order valence-corrected chi connectivity index (χ1v) is 10.8. The minimum Gasteiger partial charge on any atom is -0.484 e. The van der Waals surface area contributed by atoms with Gasteiger partial charge in [0.15, 0.2) is 6.61 Å². The highest BCUT2D eigenvalue weighted by molar-refractivity contribution is 6.30. The summed E-state index contributed by atoms with van der Waals surface area (Å²) < 4.78 is 44.1. The van der Waals surface area contributed by atoms with Crippen LogP contribution >= 0.6 is 11.6 Å². The quantitative estimate of drug-likeness (QED) is 0.300. The fourth-order valence-electron chi connectivity index (χ4n) is 3.29. The van der Waals surface area contributed by atoms with Crippen LogP contribution in [0.4, 0.5) is 18.9 Å². The van der Waals surface area contributed by atoms with Crippen molar-refractivity contribution in [2.24, 2.45) is 0 Å². The van der Waals surface area contributed by atoms with Crippen LogP contribution in [0.5, 0.6) is 5.75 Å². The maximum Gasteiger partial charge on any atom is 0.416 e. The molecule has 10 heteroatoms. The second kappa shape index (κ2) is 10.1. The van der Waals surface area contributed by atoms with Crippen molar-refractivity contribution in [2.75, 3.05) is 11.9 Å². The highest BCUT2D eigenvalue weighted by Crippen LogP contribution is 2.31. The van der Waals surface area contributed by atoms with E-state index < -0.39 is 17.6 Å². The van der Waals surface area contributed by atoms with Gasteiger partial charge in [0, 0.05) is 28.2 Å². The van der Waals surface area contributed by atoms with Gasteiger partial charge in [0.05, 0.1) is 5.56 Å². The zero-order chi connectivity index (χ0) is 25.0. The van der Waals surface area contributed by atoms with E-state index in [0.717, 1.165) is 17.7 Å². The molecule has 0 aliphatic carbocycles. The van der Waals surface area contributed by atoms with Crippen LogP contribution < -0.4 is 15.4 Å². The van der Waals surface area contributed by atoms with Gasteiger partial charge in [-0.1, -0.05) is 29.8 Å². The van der Waals surface area contributed by atoms with Gasteiger partial charge < -0.3 is 20.4 Å². The van der Waals surface area contributed by atoms with Gasteiger partial charge in [-0.2, -0.15) is 13.2 Å². The third kappa shape index (κ3) is 6.33. The summed E-state index contributed by atoms with van der Waals surface area (Å²) in [6, 6.07) is 18.2. The molecule has 0 atom stereocenters. The number of fused-ring (bicyclic) bond motifs is 1. The summed E-state index contributed by atoms with van der Waals surface area (Å²) in [5.74, 6) is -0.305. The summed E-state index contributed by atoms with van der Waals surface area (Å²) in [4.78, 5) is 27.2. The van der Waals surface area contributed by atoms with Crippen molar-refractivity contribution in [3.8, 4) is 5.75 Å². The number of carbonyl (C=O) groups excluding carboxylic acids is 2. The number of rotatable bonds is 7. The van der Waals surface area contributed by atoms with E-state index in [2.05, 4.69) is 15.6 Å². The number of halogens is 4. The van der Waals surface area contributed by atoms with E-state index in [-0.39, 0.29) is 30.3 Å². The molecular weight excluding hydrogens is 483 g/mol. The fraction of sp³-hybridized carbons (Fsp3) is 0.120. The predicted molar refractivity (Wildman–Crippen MR) is 126 cm³/mol. The minimum atomic E-state index is -4.46. The number of aromatic amines is 1. The molecule has 0 fully saturated rings. The van der Waals surface area contributed by atoms with E-state index in [9.17, 15) is 22.8 Å². The molecule has 6 nitrogen and oxygen atoms in total. The van der Waals surface area contributed by atoms with Crippen molar-refractivity contribution >= 4 is 40.0 Å². The van der Waals surface area contributed by atoms with Crippen molar-refractivity contribution in [3.63, 3.8) is 0 Å². The summed E-state index contributed by atoms with van der Waals surface area (Å²) in [5, 5.41) is 6.48. The molecule has 1 aromatic heterocycles. The van der Waals surface area contributed by atoms with Crippen LogP contribution in [0.25, 0.3) is 10.9 Å². The first-order valence-electron chi connectivity index (χ1n) is 10.4. The second-order valence-corrected chi connectivity index (χ2v) is 8.09. The SMILES string of the molecule is O=C(COc1ccc(CNC(=O)c2cc3ccc(C(F)(F)F)cc3[nH]2)cc1)Nc1ccc(Cl)cc1. The minimum absolute atomic E-state index is 0.158. The zero-order valence-electron chi connectivity index (χ0n) is 18.1. The number of nitrogens with one attached hydrogen (secondary N) is 3. The Morgan fingerprint density at radius 1 is 0.943 bits per heavy atom. The molecule has 2 amide bonds. The van der Waals surface area contributed by atoms with Crippen molar-refractivity contribution in [1.29, 1.82) is 0 Å². The molecule has 0 bridgehead atoms. The fourth-order valence-corrected chi connectivity index (χ4v) is 3.41. The Kier molecular flexibility index (Phi) is 6.97. The van der Waals surface area contributed by atoms with Gasteiger partial charge in [-0.15, -0.1) is 0 Å². The van der Waals surface area contributed by atoms with Crippen LogP contribution in [0.2, 0.25) is 5.02 Å². The third-order valence-electron chi connectivity index (χ3n) is 5.07. The summed E-state index contributed by atoms with van der Waals surface area (Å²) in [5.41, 5.74) is 0.970. The zero-order valence-corrected chi connectivity index (χ0v) is 18.8. The summed E-state index contributed by atoms with van der Waals surface area (Å²) >= 11 is 5.81. The second-order valence-electron chi connectivity index (χ2n) is 7.65. The Labute approximate surface area is 203 Å². The van der Waals surface area contributed by atoms with Crippen molar-refractivity contribution in [3.05, 3.63) is 94.6 Å². The Bertz CT molecular complexity index is 1350. The third-order valence-corrected chi connectivity index (χ3v) is 5.32. The summed E-state index contributed by atoms with van der Waals surface area (Å²) in [6.45, 7) is 0.00841. The number of anilines is 1. The molecule has 0 unspecified atom stereocenters. The maximum absolute atomic E-state index is 12.9. The molecule has 0 radical (unpaired) electrons. The van der Waals surface area contributed by atoms with Crippen LogP contribution in [0.15, 0.2) is 72.8 Å². The summed E-state index contributed by atoms with van der Waals surface area (Å²) in [6.07, 6.45) is -4.46. The number of hydrogen-bond acceptors (Lipinski definition) is 3. The Hall–Kier alpha value is -3.98. The van der Waals surface area contributed by atoms with Crippen molar-refractivity contribution in [1.82, 2.24) is 10.3 Å². The maximum atomic E-state index is 12.9. The summed E-state index contributed by atoms with van der Waals surface area (Å²) in [7, 11) is 0. The van der Waals surface area contributed by atoms with Crippen LogP contribution in [0, 0.1) is 0 Å². The number of aromatic nitrogens is 1. The van der Waals surface area contributed by atoms with Gasteiger partial charge in [0.25, 0.3) is 11.8 Å². The molecule has 0 aliphatic rings. The molecule has 3 aromatic carbocycles. The Morgan fingerprint density at radius 3 is 2.34 bits per heavy atom. The average Bonchev–Trinajstić information content (AvgIpc) is 3.26. The monoisotopic (exact) mass is 501 g/mol. The lowest BCUT2D eigenvalue weighted by molar-refractivity contribution is -0.137. The average molecular weight is 502 g/mol. The molecule has 0 aliphatic heterocycles. The first kappa shape index (κ1) is 24.2. The molecule has 0 saturated heterocycles. The number of benzene rings is 3. The molecule has 35 heavy (non-hydrogen) atoms. The van der Waals surface area contributed by atoms with Gasteiger partial charge in [-0.3, -0.25) is 9.59 Å². The lowest BCUT2D eigenvalue weighted by Gasteiger charge is -2.09. The van der Waals surface area contributed by atoms with Crippen LogP contribution in [0.3, 0.4) is 0 Å². The Balaban J connectivity index is 1.28. The molecular formula is C25H19ClF3N3O3. The molecule has 0 spiro atoms. The van der Waals surface area contributed by atoms with Crippen LogP contribution in [-0.4, -0.2) is 23.4 Å². The van der Waals surface area contributed by atoms with Gasteiger partial charge in [0.2, 0.25) is 0 Å². The lowest BCUT2D eigenvalue weighted by atomic mass is 10.1. The normalized spacial score (nSPS) is 11.3. The Morgan fingerprint density at radius 2 is 1.66 bits per heavy atom. The molecule has 180 valence electrons. The van der Waals surface area contributed by atoms with E-state index in [0.29, 0.717) is 21.8 Å². The first-order chi connectivity index (χ1) is 16.7. The largest absolute Gasteiger partial charge is 0.484 e. The number of H-pyrrole nitrogens is 1. The van der Waals surface area contributed by atoms with E-state index in [4.69, 9.17) is 16.3 Å². The highest BCUT2D eigenvalue weighted by atomic mass is 35.5. The van der Waals surface area contributed by atoms with Gasteiger partial charge >= 0.3 is 6.18 Å². The van der Waals surface area contributed by atoms with Crippen molar-refractivity contribution < 1.29 is 27.5 Å². The predicted octanol–water partition coefficient (Wildman–Crippen LogP) is 5.79. The van der Waals surface area contributed by atoms with Gasteiger partial charge in [-0.25, -0.2) is 0 Å². The van der Waals surface area contributed by atoms with Gasteiger partial charge in [-0.05, 0) is 60.2 Å². The van der Waals surface area contributed by atoms with Crippen LogP contribution in [0.1, 0.15) is 21.6 Å². The topological polar surface area (TPSA) is 83.2 Å². The van der Waals surface area contributed by atoms with Gasteiger partial charge in [0.1, 0.15) is 11.4 Å². The van der Waals surface area contributed by atoms with Crippen molar-refractivity contribution in [2.45, 2.75) is 12.7 Å². The highest BCUT2D eigenvalue weighted by Gasteiger charge is 2.30. The van der Waals surface area contributed by atoms with E-state index >= 15 is 0 Å².